The number of carboxylic acids is 2. The molecule has 0 aliphatic rings. The maximum Gasteiger partial charge on any atom is 0.326 e. The maximum absolute atomic E-state index is 11.9. The van der Waals surface area contributed by atoms with Crippen molar-refractivity contribution in [1.29, 1.82) is 0 Å². The first-order valence-electron chi connectivity index (χ1n) is 5.50. The lowest BCUT2D eigenvalue weighted by atomic mass is 10.1. The smallest absolute Gasteiger partial charge is 0.326 e. The lowest BCUT2D eigenvalue weighted by Crippen LogP contribution is -2.41. The van der Waals surface area contributed by atoms with Gasteiger partial charge in [0.1, 0.15) is 10.9 Å². The summed E-state index contributed by atoms with van der Waals surface area (Å²) in [5, 5.41) is 20.5. The molecule has 0 spiro atoms. The van der Waals surface area contributed by atoms with Crippen LogP contribution in [0.2, 0.25) is 0 Å². The third kappa shape index (κ3) is 4.32. The van der Waals surface area contributed by atoms with Crippen LogP contribution in [-0.4, -0.2) is 39.1 Å². The second-order valence-electron chi connectivity index (χ2n) is 3.94. The van der Waals surface area contributed by atoms with Gasteiger partial charge in [0.05, 0.1) is 10.7 Å². The van der Waals surface area contributed by atoms with E-state index in [1.54, 1.807) is 13.8 Å². The Morgan fingerprint density at radius 1 is 1.32 bits per heavy atom. The zero-order chi connectivity index (χ0) is 14.6. The molecular weight excluding hydrogens is 272 g/mol. The number of carbonyl (C=O) groups is 3. The number of rotatable bonds is 6. The van der Waals surface area contributed by atoms with Crippen LogP contribution in [0.1, 0.15) is 33.2 Å². The molecule has 104 valence electrons. The summed E-state index contributed by atoms with van der Waals surface area (Å²) in [6, 6.07) is -1.22. The number of aromatic nitrogens is 1. The molecular formula is C11H14N2O5S. The van der Waals surface area contributed by atoms with Crippen molar-refractivity contribution >= 4 is 29.2 Å². The zero-order valence-electron chi connectivity index (χ0n) is 10.5. The fourth-order valence-corrected chi connectivity index (χ4v) is 2.31. The number of carbonyl (C=O) groups excluding carboxylic acids is 1. The largest absolute Gasteiger partial charge is 0.481 e. The van der Waals surface area contributed by atoms with Crippen molar-refractivity contribution in [3.8, 4) is 0 Å². The van der Waals surface area contributed by atoms with E-state index >= 15 is 0 Å². The Bertz CT molecular complexity index is 511. The molecule has 8 heteroatoms. The Labute approximate surface area is 113 Å². The number of amides is 1. The molecule has 0 aliphatic carbocycles. The molecule has 1 amide bonds. The van der Waals surface area contributed by atoms with E-state index in [1.165, 1.54) is 11.3 Å². The molecule has 0 aliphatic heterocycles. The van der Waals surface area contributed by atoms with Gasteiger partial charge in [-0.1, -0.05) is 0 Å². The van der Waals surface area contributed by atoms with Crippen LogP contribution < -0.4 is 5.32 Å². The van der Waals surface area contributed by atoms with Crippen LogP contribution in [0.4, 0.5) is 0 Å². The average Bonchev–Trinajstić information content (AvgIpc) is 2.62. The van der Waals surface area contributed by atoms with E-state index in [0.717, 1.165) is 0 Å². The number of aryl methyl sites for hydroxylation is 2. The minimum absolute atomic E-state index is 0.159. The van der Waals surface area contributed by atoms with E-state index in [1.807, 2.05) is 0 Å². The Kier molecular flexibility index (Phi) is 4.99. The quantitative estimate of drug-likeness (QED) is 0.712. The van der Waals surface area contributed by atoms with Gasteiger partial charge < -0.3 is 15.5 Å². The number of nitrogens with zero attached hydrogens (tertiary/aromatic N) is 1. The number of carboxylic acid groups (broad SMARTS) is 2. The van der Waals surface area contributed by atoms with Crippen molar-refractivity contribution < 1.29 is 24.6 Å². The summed E-state index contributed by atoms with van der Waals surface area (Å²) in [7, 11) is 0. The highest BCUT2D eigenvalue weighted by Gasteiger charge is 2.23. The fourth-order valence-electron chi connectivity index (χ4n) is 1.49. The van der Waals surface area contributed by atoms with Crippen molar-refractivity contribution in [3.63, 3.8) is 0 Å². The predicted molar refractivity (Wildman–Crippen MR) is 67.3 cm³/mol. The molecule has 1 atom stereocenters. The average molecular weight is 286 g/mol. The van der Waals surface area contributed by atoms with Crippen LogP contribution in [0, 0.1) is 13.8 Å². The van der Waals surface area contributed by atoms with E-state index in [4.69, 9.17) is 10.2 Å². The first-order chi connectivity index (χ1) is 8.81. The summed E-state index contributed by atoms with van der Waals surface area (Å²) >= 11 is 1.17. The van der Waals surface area contributed by atoms with Gasteiger partial charge in [0.2, 0.25) is 0 Å². The van der Waals surface area contributed by atoms with Gasteiger partial charge in [-0.15, -0.1) is 11.3 Å². The molecule has 1 heterocycles. The van der Waals surface area contributed by atoms with Gasteiger partial charge in [0.25, 0.3) is 5.91 Å². The minimum atomic E-state index is -1.26. The van der Waals surface area contributed by atoms with Crippen LogP contribution in [0.5, 0.6) is 0 Å². The Morgan fingerprint density at radius 2 is 1.95 bits per heavy atom. The summed E-state index contributed by atoms with van der Waals surface area (Å²) in [6.07, 6.45) is -0.481. The van der Waals surface area contributed by atoms with Crippen LogP contribution >= 0.6 is 11.3 Å². The Hall–Kier alpha value is -1.96. The Morgan fingerprint density at radius 3 is 2.37 bits per heavy atom. The van der Waals surface area contributed by atoms with Gasteiger partial charge >= 0.3 is 11.9 Å². The fraction of sp³-hybridized carbons (Fsp3) is 0.455. The molecule has 19 heavy (non-hydrogen) atoms. The lowest BCUT2D eigenvalue weighted by Gasteiger charge is -2.12. The molecule has 1 rings (SSSR count). The molecule has 0 bridgehead atoms. The summed E-state index contributed by atoms with van der Waals surface area (Å²) in [5.74, 6) is -2.90. The Balaban J connectivity index is 2.74. The topological polar surface area (TPSA) is 117 Å². The van der Waals surface area contributed by atoms with Gasteiger partial charge in [-0.05, 0) is 20.3 Å². The van der Waals surface area contributed by atoms with E-state index in [0.29, 0.717) is 15.6 Å². The van der Waals surface area contributed by atoms with Gasteiger partial charge in [-0.25, -0.2) is 9.78 Å². The van der Waals surface area contributed by atoms with E-state index in [2.05, 4.69) is 10.3 Å². The van der Waals surface area contributed by atoms with Gasteiger partial charge in [-0.3, -0.25) is 9.59 Å². The monoisotopic (exact) mass is 286 g/mol. The van der Waals surface area contributed by atoms with Crippen LogP contribution in [0.15, 0.2) is 0 Å². The number of nitrogens with one attached hydrogen (secondary N) is 1. The highest BCUT2D eigenvalue weighted by molar-refractivity contribution is 7.13. The molecule has 0 aromatic carbocycles. The van der Waals surface area contributed by atoms with Crippen LogP contribution in [0.3, 0.4) is 0 Å². The maximum atomic E-state index is 11.9. The second kappa shape index (κ2) is 6.28. The van der Waals surface area contributed by atoms with E-state index in [9.17, 15) is 14.4 Å². The number of aliphatic carboxylic acids is 2. The highest BCUT2D eigenvalue weighted by Crippen LogP contribution is 2.17. The van der Waals surface area contributed by atoms with Crippen molar-refractivity contribution in [2.24, 2.45) is 0 Å². The van der Waals surface area contributed by atoms with Gasteiger partial charge in [-0.2, -0.15) is 0 Å². The van der Waals surface area contributed by atoms with Crippen LogP contribution in [0.25, 0.3) is 0 Å². The predicted octanol–water partition coefficient (Wildman–Crippen LogP) is 0.808. The van der Waals surface area contributed by atoms with Crippen molar-refractivity contribution in [2.45, 2.75) is 32.7 Å². The summed E-state index contributed by atoms with van der Waals surface area (Å²) in [5.41, 5.74) is 0.530. The molecule has 1 aromatic heterocycles. The third-order valence-corrected chi connectivity index (χ3v) is 3.43. The SMILES string of the molecule is Cc1nc(C)c(C(=O)NC(CCC(=O)O)C(=O)O)s1. The van der Waals surface area contributed by atoms with Crippen LogP contribution in [-0.2, 0) is 9.59 Å². The first kappa shape index (κ1) is 15.1. The minimum Gasteiger partial charge on any atom is -0.481 e. The number of hydrogen-bond acceptors (Lipinski definition) is 5. The summed E-state index contributed by atoms with van der Waals surface area (Å²) in [4.78, 5) is 37.7. The summed E-state index contributed by atoms with van der Waals surface area (Å²) < 4.78 is 0. The van der Waals surface area contributed by atoms with E-state index < -0.39 is 23.9 Å². The van der Waals surface area contributed by atoms with Crippen molar-refractivity contribution in [2.75, 3.05) is 0 Å². The van der Waals surface area contributed by atoms with E-state index in [-0.39, 0.29) is 12.8 Å². The lowest BCUT2D eigenvalue weighted by molar-refractivity contribution is -0.140. The van der Waals surface area contributed by atoms with Gasteiger partial charge in [0, 0.05) is 6.42 Å². The standard InChI is InChI=1S/C11H14N2O5S/c1-5-9(19-6(2)12-5)10(16)13-7(11(17)18)3-4-8(14)15/h7H,3-4H2,1-2H3,(H,13,16)(H,14,15)(H,17,18). The third-order valence-electron chi connectivity index (χ3n) is 2.36. The number of thiazole rings is 1. The van der Waals surface area contributed by atoms with Gasteiger partial charge in [0.15, 0.2) is 0 Å². The normalized spacial score (nSPS) is 11.9. The zero-order valence-corrected chi connectivity index (χ0v) is 11.3. The van der Waals surface area contributed by atoms with Crippen molar-refractivity contribution in [1.82, 2.24) is 10.3 Å². The molecule has 0 radical (unpaired) electrons. The molecule has 1 aromatic rings. The second-order valence-corrected chi connectivity index (χ2v) is 5.15. The molecule has 7 nitrogen and oxygen atoms in total. The molecule has 3 N–H and O–H groups in total. The molecule has 1 unspecified atom stereocenters. The molecule has 0 saturated heterocycles. The van der Waals surface area contributed by atoms with Crippen molar-refractivity contribution in [3.05, 3.63) is 15.6 Å². The summed E-state index contributed by atoms with van der Waals surface area (Å²) in [6.45, 7) is 3.40. The highest BCUT2D eigenvalue weighted by atomic mass is 32.1. The molecule has 0 saturated carbocycles. The molecule has 0 fully saturated rings. The number of hydrogen-bond donors (Lipinski definition) is 3. The first-order valence-corrected chi connectivity index (χ1v) is 6.32.